The maximum Gasteiger partial charge on any atom is 0.149 e. The van der Waals surface area contributed by atoms with Crippen molar-refractivity contribution in [3.8, 4) is 11.5 Å². The molecule has 172 valence electrons. The van der Waals surface area contributed by atoms with Gasteiger partial charge in [-0.15, -0.1) is 5.10 Å². The fraction of sp³-hybridized carbons (Fsp3) is 0.391. The molecule has 3 rings (SSSR count). The standard InChI is InChI=1S/C23H27I2N3O4/c1-4-31-21-10-7-16(11-19(21)24)23(2,3)15-5-8-18(9-6-15)32-14-17(30)12-28-20(13-29)22(25)26-27-28/h5-11,17,29-30H,4,12-14H2,1-3H3/t17-/m1/s1. The Kier molecular flexibility index (Phi) is 8.75. The minimum absolute atomic E-state index is 0.112. The molecule has 0 bridgehead atoms. The molecule has 0 unspecified atom stereocenters. The summed E-state index contributed by atoms with van der Waals surface area (Å²) < 4.78 is 14.6. The van der Waals surface area contributed by atoms with Crippen LogP contribution in [0.4, 0.5) is 0 Å². The van der Waals surface area contributed by atoms with Crippen molar-refractivity contribution in [3.05, 3.63) is 66.6 Å². The third-order valence-corrected chi connectivity index (χ3v) is 6.98. The Hall–Kier alpha value is -1.44. The summed E-state index contributed by atoms with van der Waals surface area (Å²) in [6.45, 7) is 7.15. The highest BCUT2D eigenvalue weighted by Crippen LogP contribution is 2.35. The lowest BCUT2D eigenvalue weighted by atomic mass is 9.78. The molecule has 3 aromatic rings. The van der Waals surface area contributed by atoms with Gasteiger partial charge in [0.15, 0.2) is 0 Å². The average molecular weight is 663 g/mol. The van der Waals surface area contributed by atoms with Crippen LogP contribution in [0.1, 0.15) is 37.6 Å². The minimum atomic E-state index is -0.778. The predicted octanol–water partition coefficient (Wildman–Crippen LogP) is 4.14. The van der Waals surface area contributed by atoms with E-state index in [9.17, 15) is 10.2 Å². The van der Waals surface area contributed by atoms with Crippen LogP contribution in [0.2, 0.25) is 0 Å². The van der Waals surface area contributed by atoms with Crippen molar-refractivity contribution in [1.82, 2.24) is 15.0 Å². The second-order valence-electron chi connectivity index (χ2n) is 7.86. The van der Waals surface area contributed by atoms with Crippen LogP contribution in [-0.2, 0) is 18.6 Å². The van der Waals surface area contributed by atoms with E-state index in [2.05, 4.69) is 71.0 Å². The molecule has 2 N–H and O–H groups in total. The molecule has 2 aromatic carbocycles. The highest BCUT2D eigenvalue weighted by Gasteiger charge is 2.24. The first-order valence-electron chi connectivity index (χ1n) is 10.3. The number of aliphatic hydroxyl groups is 2. The fourth-order valence-electron chi connectivity index (χ4n) is 3.35. The van der Waals surface area contributed by atoms with Crippen LogP contribution in [0.15, 0.2) is 42.5 Å². The number of nitrogens with zero attached hydrogens (tertiary/aromatic N) is 3. The molecule has 1 aromatic heterocycles. The van der Waals surface area contributed by atoms with Gasteiger partial charge in [0.2, 0.25) is 0 Å². The number of ether oxygens (including phenoxy) is 2. The summed E-state index contributed by atoms with van der Waals surface area (Å²) in [4.78, 5) is 0. The van der Waals surface area contributed by atoms with Crippen LogP contribution in [0, 0.1) is 7.27 Å². The zero-order valence-electron chi connectivity index (χ0n) is 18.3. The molecule has 0 aliphatic rings. The van der Waals surface area contributed by atoms with E-state index in [-0.39, 0.29) is 25.2 Å². The Balaban J connectivity index is 1.63. The largest absolute Gasteiger partial charge is 0.493 e. The number of hydrogen-bond donors (Lipinski definition) is 2. The number of rotatable bonds is 10. The molecule has 0 aliphatic carbocycles. The maximum absolute atomic E-state index is 10.3. The molecule has 32 heavy (non-hydrogen) atoms. The van der Waals surface area contributed by atoms with Gasteiger partial charge < -0.3 is 19.7 Å². The van der Waals surface area contributed by atoms with Gasteiger partial charge in [0.25, 0.3) is 0 Å². The van der Waals surface area contributed by atoms with Crippen molar-refractivity contribution in [1.29, 1.82) is 0 Å². The molecule has 0 fully saturated rings. The summed E-state index contributed by atoms with van der Waals surface area (Å²) >= 11 is 4.32. The second kappa shape index (κ2) is 11.1. The molecule has 0 saturated carbocycles. The summed E-state index contributed by atoms with van der Waals surface area (Å²) in [5.41, 5.74) is 2.76. The molecule has 7 nitrogen and oxygen atoms in total. The first-order valence-corrected chi connectivity index (χ1v) is 12.4. The van der Waals surface area contributed by atoms with E-state index >= 15 is 0 Å². The Bertz CT molecular complexity index is 1040. The quantitative estimate of drug-likeness (QED) is 0.318. The monoisotopic (exact) mass is 663 g/mol. The highest BCUT2D eigenvalue weighted by molar-refractivity contribution is 14.1. The van der Waals surface area contributed by atoms with Crippen LogP contribution in [-0.4, -0.2) is 44.5 Å². The lowest BCUT2D eigenvalue weighted by Crippen LogP contribution is -2.25. The van der Waals surface area contributed by atoms with E-state index in [1.807, 2.05) is 47.7 Å². The third-order valence-electron chi connectivity index (χ3n) is 5.30. The zero-order valence-corrected chi connectivity index (χ0v) is 22.6. The number of aromatic nitrogens is 3. The van der Waals surface area contributed by atoms with Crippen LogP contribution in [0.3, 0.4) is 0 Å². The van der Waals surface area contributed by atoms with Crippen molar-refractivity contribution in [3.63, 3.8) is 0 Å². The molecule has 0 amide bonds. The van der Waals surface area contributed by atoms with Crippen LogP contribution < -0.4 is 9.47 Å². The Labute approximate surface area is 215 Å². The summed E-state index contributed by atoms with van der Waals surface area (Å²) in [5, 5.41) is 27.6. The Morgan fingerprint density at radius 3 is 2.38 bits per heavy atom. The zero-order chi connectivity index (χ0) is 23.3. The topological polar surface area (TPSA) is 89.6 Å². The van der Waals surface area contributed by atoms with Gasteiger partial charge in [0, 0.05) is 5.41 Å². The van der Waals surface area contributed by atoms with E-state index in [0.29, 0.717) is 21.8 Å². The van der Waals surface area contributed by atoms with Crippen LogP contribution >= 0.6 is 45.2 Å². The van der Waals surface area contributed by atoms with Crippen molar-refractivity contribution in [2.45, 2.75) is 45.4 Å². The van der Waals surface area contributed by atoms with Gasteiger partial charge >= 0.3 is 0 Å². The first kappa shape index (κ1) is 25.2. The smallest absolute Gasteiger partial charge is 0.149 e. The molecule has 0 aliphatic heterocycles. The lowest BCUT2D eigenvalue weighted by Gasteiger charge is -2.27. The van der Waals surface area contributed by atoms with E-state index in [4.69, 9.17) is 9.47 Å². The lowest BCUT2D eigenvalue weighted by molar-refractivity contribution is 0.0866. The molecule has 0 saturated heterocycles. The van der Waals surface area contributed by atoms with Gasteiger partial charge in [0.1, 0.15) is 27.9 Å². The highest BCUT2D eigenvalue weighted by atomic mass is 127. The van der Waals surface area contributed by atoms with Gasteiger partial charge in [-0.05, 0) is 87.5 Å². The summed E-state index contributed by atoms with van der Waals surface area (Å²) in [5.74, 6) is 1.59. The number of halogens is 2. The van der Waals surface area contributed by atoms with E-state index in [0.717, 1.165) is 14.9 Å². The predicted molar refractivity (Wildman–Crippen MR) is 139 cm³/mol. The van der Waals surface area contributed by atoms with Gasteiger partial charge in [-0.25, -0.2) is 4.68 Å². The van der Waals surface area contributed by atoms with Crippen molar-refractivity contribution < 1.29 is 19.7 Å². The summed E-state index contributed by atoms with van der Waals surface area (Å²) in [6.07, 6.45) is -0.778. The van der Waals surface area contributed by atoms with Gasteiger partial charge in [-0.1, -0.05) is 37.3 Å². The number of aliphatic hydroxyl groups excluding tert-OH is 2. The first-order chi connectivity index (χ1) is 15.3. The van der Waals surface area contributed by atoms with Crippen LogP contribution in [0.25, 0.3) is 0 Å². The number of benzene rings is 2. The average Bonchev–Trinajstić information content (AvgIpc) is 3.13. The third kappa shape index (κ3) is 5.91. The molecule has 9 heteroatoms. The Morgan fingerprint density at radius 1 is 1.06 bits per heavy atom. The van der Waals surface area contributed by atoms with Crippen molar-refractivity contribution in [2.24, 2.45) is 0 Å². The van der Waals surface area contributed by atoms with Gasteiger partial charge in [-0.3, -0.25) is 0 Å². The second-order valence-corrected chi connectivity index (χ2v) is 10.0. The summed E-state index contributed by atoms with van der Waals surface area (Å²) in [6, 6.07) is 14.2. The molecular weight excluding hydrogens is 636 g/mol. The molecule has 1 atom stereocenters. The van der Waals surface area contributed by atoms with E-state index < -0.39 is 6.10 Å². The van der Waals surface area contributed by atoms with Crippen molar-refractivity contribution >= 4 is 45.2 Å². The Morgan fingerprint density at radius 2 is 1.75 bits per heavy atom. The van der Waals surface area contributed by atoms with Gasteiger partial charge in [0.05, 0.1) is 29.0 Å². The fourth-order valence-corrected chi connectivity index (χ4v) is 4.56. The molecule has 0 spiro atoms. The minimum Gasteiger partial charge on any atom is -0.493 e. The normalized spacial score (nSPS) is 12.6. The van der Waals surface area contributed by atoms with Crippen LogP contribution in [0.5, 0.6) is 11.5 Å². The maximum atomic E-state index is 10.3. The van der Waals surface area contributed by atoms with Crippen molar-refractivity contribution in [2.75, 3.05) is 13.2 Å². The van der Waals surface area contributed by atoms with E-state index in [1.54, 1.807) is 0 Å². The van der Waals surface area contributed by atoms with Gasteiger partial charge in [-0.2, -0.15) is 0 Å². The van der Waals surface area contributed by atoms with E-state index in [1.165, 1.54) is 10.2 Å². The molecular formula is C23H27I2N3O4. The number of hydrogen-bond acceptors (Lipinski definition) is 6. The molecule has 1 heterocycles. The molecule has 0 radical (unpaired) electrons. The SMILES string of the molecule is CCOc1ccc(C(C)(C)c2ccc(OC[C@H](O)Cn3nnc(I)c3CO)cc2)cc1I. The summed E-state index contributed by atoms with van der Waals surface area (Å²) in [7, 11) is 0.